The fourth-order valence-corrected chi connectivity index (χ4v) is 5.44. The molecule has 0 fully saturated rings. The average molecular weight is 478 g/mol. The Bertz CT molecular complexity index is 806. The summed E-state index contributed by atoms with van der Waals surface area (Å²) in [6.45, 7) is 0.335. The molecule has 102 valence electrons. The van der Waals surface area contributed by atoms with Crippen LogP contribution in [-0.4, -0.2) is 10.4 Å². The molecule has 1 aromatic carbocycles. The fourth-order valence-electron chi connectivity index (χ4n) is 2.09. The predicted octanol–water partition coefficient (Wildman–Crippen LogP) is 5.87. The molecule has 2 heterocycles. The van der Waals surface area contributed by atoms with Crippen molar-refractivity contribution >= 4 is 75.8 Å². The Morgan fingerprint density at radius 1 is 1.20 bits per heavy atom. The number of thiophene rings is 1. The molecule has 0 atom stereocenters. The fraction of sp³-hybridized carbons (Fsp3) is 0.0714. The van der Waals surface area contributed by atoms with Crippen LogP contribution in [0.1, 0.15) is 10.4 Å². The van der Waals surface area contributed by atoms with Crippen LogP contribution in [0.5, 0.6) is 0 Å². The van der Waals surface area contributed by atoms with Gasteiger partial charge >= 0.3 is 0 Å². The molecular formula is C14H8Br3NOS. The molecule has 0 saturated carbocycles. The number of benzene rings is 1. The quantitative estimate of drug-likeness (QED) is 0.432. The standard InChI is InChI=1S/C14H8Br3NOS/c15-10-2-1-3-11-8(10)4-5-18(11)7-12(19)9-6-13(16)20-14(9)17/h1-6H,7H2. The number of carbonyl (C=O) groups is 1. The summed E-state index contributed by atoms with van der Waals surface area (Å²) in [6.07, 6.45) is 1.95. The molecule has 0 spiro atoms. The summed E-state index contributed by atoms with van der Waals surface area (Å²) in [7, 11) is 0. The van der Waals surface area contributed by atoms with Gasteiger partial charge in [-0.2, -0.15) is 0 Å². The molecule has 20 heavy (non-hydrogen) atoms. The van der Waals surface area contributed by atoms with Gasteiger partial charge in [-0.15, -0.1) is 11.3 Å². The third-order valence-corrected chi connectivity index (χ3v) is 6.06. The molecule has 0 aliphatic rings. The van der Waals surface area contributed by atoms with Crippen molar-refractivity contribution in [2.45, 2.75) is 6.54 Å². The molecule has 0 radical (unpaired) electrons. The number of carbonyl (C=O) groups excluding carboxylic acids is 1. The van der Waals surface area contributed by atoms with Gasteiger partial charge in [-0.1, -0.05) is 22.0 Å². The molecule has 0 aliphatic heterocycles. The van der Waals surface area contributed by atoms with Crippen LogP contribution in [0.3, 0.4) is 0 Å². The van der Waals surface area contributed by atoms with Crippen molar-refractivity contribution in [2.24, 2.45) is 0 Å². The highest BCUT2D eigenvalue weighted by Crippen LogP contribution is 2.32. The SMILES string of the molecule is O=C(Cn1ccc2c(Br)cccc21)c1cc(Br)sc1Br. The number of halogens is 3. The third-order valence-electron chi connectivity index (χ3n) is 3.03. The minimum Gasteiger partial charge on any atom is -0.340 e. The van der Waals surface area contributed by atoms with Crippen LogP contribution in [0, 0.1) is 0 Å². The minimum atomic E-state index is 0.0938. The number of hydrogen-bond acceptors (Lipinski definition) is 2. The summed E-state index contributed by atoms with van der Waals surface area (Å²) < 4.78 is 4.83. The second-order valence-corrected chi connectivity index (χ2v) is 8.88. The first kappa shape index (κ1) is 14.5. The number of hydrogen-bond donors (Lipinski definition) is 0. The number of fused-ring (bicyclic) bond motifs is 1. The normalized spacial score (nSPS) is 11.2. The Morgan fingerprint density at radius 2 is 2.00 bits per heavy atom. The van der Waals surface area contributed by atoms with E-state index in [1.807, 2.05) is 41.1 Å². The Hall–Kier alpha value is -0.430. The average Bonchev–Trinajstić information content (AvgIpc) is 2.94. The van der Waals surface area contributed by atoms with E-state index in [0.717, 1.165) is 28.5 Å². The largest absolute Gasteiger partial charge is 0.340 e. The second-order valence-electron chi connectivity index (χ2n) is 4.28. The second kappa shape index (κ2) is 5.75. The topological polar surface area (TPSA) is 22.0 Å². The molecule has 6 heteroatoms. The summed E-state index contributed by atoms with van der Waals surface area (Å²) in [6, 6.07) is 9.88. The van der Waals surface area contributed by atoms with Gasteiger partial charge in [0.05, 0.1) is 14.1 Å². The van der Waals surface area contributed by atoms with Gasteiger partial charge in [0.25, 0.3) is 0 Å². The van der Waals surface area contributed by atoms with Crippen LogP contribution in [0.2, 0.25) is 0 Å². The van der Waals surface area contributed by atoms with Crippen molar-refractivity contribution in [2.75, 3.05) is 0 Å². The highest BCUT2D eigenvalue weighted by atomic mass is 79.9. The Morgan fingerprint density at radius 3 is 2.70 bits per heavy atom. The highest BCUT2D eigenvalue weighted by Gasteiger charge is 2.15. The van der Waals surface area contributed by atoms with E-state index in [1.54, 1.807) is 0 Å². The van der Waals surface area contributed by atoms with E-state index in [9.17, 15) is 4.79 Å². The van der Waals surface area contributed by atoms with E-state index in [4.69, 9.17) is 0 Å². The van der Waals surface area contributed by atoms with Gasteiger partial charge in [0.15, 0.2) is 5.78 Å². The van der Waals surface area contributed by atoms with Gasteiger partial charge < -0.3 is 4.57 Å². The lowest BCUT2D eigenvalue weighted by atomic mass is 10.2. The van der Waals surface area contributed by atoms with Gasteiger partial charge in [-0.3, -0.25) is 4.79 Å². The van der Waals surface area contributed by atoms with Crippen LogP contribution in [0.4, 0.5) is 0 Å². The molecule has 0 bridgehead atoms. The van der Waals surface area contributed by atoms with Gasteiger partial charge in [-0.25, -0.2) is 0 Å². The zero-order valence-corrected chi connectivity index (χ0v) is 15.6. The molecule has 3 aromatic rings. The number of rotatable bonds is 3. The van der Waals surface area contributed by atoms with E-state index in [-0.39, 0.29) is 5.78 Å². The maximum atomic E-state index is 12.4. The number of Topliss-reactive ketones (excluding diaryl/α,β-unsaturated/α-hetero) is 1. The molecule has 0 aliphatic carbocycles. The number of aromatic nitrogens is 1. The molecule has 2 nitrogen and oxygen atoms in total. The maximum Gasteiger partial charge on any atom is 0.184 e. The van der Waals surface area contributed by atoms with Gasteiger partial charge in [-0.05, 0) is 56.1 Å². The van der Waals surface area contributed by atoms with Gasteiger partial charge in [0.1, 0.15) is 0 Å². The van der Waals surface area contributed by atoms with Crippen molar-refractivity contribution in [1.82, 2.24) is 4.57 Å². The van der Waals surface area contributed by atoms with Gasteiger partial charge in [0, 0.05) is 27.1 Å². The Balaban J connectivity index is 1.96. The summed E-state index contributed by atoms with van der Waals surface area (Å²) in [5.41, 5.74) is 1.77. The molecular weight excluding hydrogens is 470 g/mol. The van der Waals surface area contributed by atoms with Crippen LogP contribution >= 0.6 is 59.1 Å². The molecule has 3 rings (SSSR count). The van der Waals surface area contributed by atoms with Crippen LogP contribution in [0.15, 0.2) is 48.6 Å². The minimum absolute atomic E-state index is 0.0938. The van der Waals surface area contributed by atoms with E-state index >= 15 is 0 Å². The van der Waals surface area contributed by atoms with Crippen LogP contribution in [0.25, 0.3) is 10.9 Å². The van der Waals surface area contributed by atoms with Crippen LogP contribution < -0.4 is 0 Å². The zero-order chi connectivity index (χ0) is 14.3. The first-order valence-corrected chi connectivity index (χ1v) is 8.97. The lowest BCUT2D eigenvalue weighted by molar-refractivity contribution is 0.0973. The maximum absolute atomic E-state index is 12.4. The molecule has 0 N–H and O–H groups in total. The zero-order valence-electron chi connectivity index (χ0n) is 10.1. The highest BCUT2D eigenvalue weighted by molar-refractivity contribution is 9.12. The van der Waals surface area contributed by atoms with Gasteiger partial charge in [0.2, 0.25) is 0 Å². The molecule has 0 saturated heterocycles. The van der Waals surface area contributed by atoms with E-state index in [0.29, 0.717) is 6.54 Å². The molecule has 0 unspecified atom stereocenters. The Labute approximate surface area is 145 Å². The van der Waals surface area contributed by atoms with Crippen molar-refractivity contribution in [1.29, 1.82) is 0 Å². The summed E-state index contributed by atoms with van der Waals surface area (Å²) in [5.74, 6) is 0.0938. The van der Waals surface area contributed by atoms with Crippen molar-refractivity contribution in [3.63, 3.8) is 0 Å². The smallest absolute Gasteiger partial charge is 0.184 e. The van der Waals surface area contributed by atoms with E-state index in [1.165, 1.54) is 11.3 Å². The first-order chi connectivity index (χ1) is 9.56. The van der Waals surface area contributed by atoms with E-state index in [2.05, 4.69) is 47.8 Å². The first-order valence-electron chi connectivity index (χ1n) is 5.77. The molecule has 2 aromatic heterocycles. The summed E-state index contributed by atoms with van der Waals surface area (Å²) in [5, 5.41) is 1.12. The van der Waals surface area contributed by atoms with Crippen LogP contribution in [-0.2, 0) is 6.54 Å². The van der Waals surface area contributed by atoms with E-state index < -0.39 is 0 Å². The van der Waals surface area contributed by atoms with Crippen molar-refractivity contribution in [3.8, 4) is 0 Å². The third kappa shape index (κ3) is 2.66. The lowest BCUT2D eigenvalue weighted by Gasteiger charge is -2.04. The predicted molar refractivity (Wildman–Crippen MR) is 93.7 cm³/mol. The number of ketones is 1. The number of nitrogens with zero attached hydrogens (tertiary/aromatic N) is 1. The molecule has 0 amide bonds. The summed E-state index contributed by atoms with van der Waals surface area (Å²) in [4.78, 5) is 12.4. The Kier molecular flexibility index (Phi) is 4.17. The van der Waals surface area contributed by atoms with Crippen molar-refractivity contribution in [3.05, 3.63) is 54.1 Å². The lowest BCUT2D eigenvalue weighted by Crippen LogP contribution is -2.09. The van der Waals surface area contributed by atoms with Crippen molar-refractivity contribution < 1.29 is 4.79 Å². The monoisotopic (exact) mass is 475 g/mol. The summed E-state index contributed by atoms with van der Waals surface area (Å²) >= 11 is 11.9.